The van der Waals surface area contributed by atoms with E-state index >= 15 is 0 Å². The Bertz CT molecular complexity index is 818. The van der Waals surface area contributed by atoms with Gasteiger partial charge >= 0.3 is 10.3 Å². The second kappa shape index (κ2) is 8.20. The van der Waals surface area contributed by atoms with Gasteiger partial charge in [-0.25, -0.2) is 0 Å². The highest BCUT2D eigenvalue weighted by Gasteiger charge is 2.22. The van der Waals surface area contributed by atoms with Crippen LogP contribution < -0.4 is 15.1 Å². The Morgan fingerprint density at radius 2 is 1.46 bits per heavy atom. The van der Waals surface area contributed by atoms with Gasteiger partial charge in [-0.1, -0.05) is 70.2 Å². The van der Waals surface area contributed by atoms with Crippen LogP contribution in [0.2, 0.25) is 0 Å². The Hall–Kier alpha value is -1.89. The highest BCUT2D eigenvalue weighted by atomic mass is 32.2. The van der Waals surface area contributed by atoms with Gasteiger partial charge in [-0.3, -0.25) is 0 Å². The molecule has 0 saturated heterocycles. The first kappa shape index (κ1) is 20.4. The van der Waals surface area contributed by atoms with Crippen molar-refractivity contribution >= 4 is 10.3 Å². The second-order valence-electron chi connectivity index (χ2n) is 7.21. The van der Waals surface area contributed by atoms with Crippen molar-refractivity contribution in [1.82, 2.24) is 0 Å². The lowest BCUT2D eigenvalue weighted by Crippen LogP contribution is -2.22. The highest BCUT2D eigenvalue weighted by Crippen LogP contribution is 2.38. The molecule has 1 atom stereocenters. The van der Waals surface area contributed by atoms with Crippen molar-refractivity contribution in [3.63, 3.8) is 0 Å². The van der Waals surface area contributed by atoms with E-state index in [9.17, 15) is 8.42 Å². The molecule has 2 aromatic carbocycles. The van der Waals surface area contributed by atoms with E-state index in [0.29, 0.717) is 12.2 Å². The molecule has 5 nitrogen and oxygen atoms in total. The lowest BCUT2D eigenvalue weighted by atomic mass is 9.88. The van der Waals surface area contributed by atoms with E-state index in [1.165, 1.54) is 0 Å². The van der Waals surface area contributed by atoms with Crippen LogP contribution >= 0.6 is 0 Å². The van der Waals surface area contributed by atoms with Gasteiger partial charge in [0.2, 0.25) is 0 Å². The molecular weight excluding hydrogens is 348 g/mol. The molecule has 0 bridgehead atoms. The summed E-state index contributed by atoms with van der Waals surface area (Å²) < 4.78 is 28.2. The summed E-state index contributed by atoms with van der Waals surface area (Å²) in [5, 5.41) is 5.13. The minimum Gasteiger partial charge on any atom is -0.370 e. The molecule has 1 unspecified atom stereocenters. The summed E-state index contributed by atoms with van der Waals surface area (Å²) >= 11 is 0. The molecule has 6 heteroatoms. The topological polar surface area (TPSA) is 95.4 Å². The molecule has 0 amide bonds. The van der Waals surface area contributed by atoms with Crippen LogP contribution in [0.5, 0.6) is 5.75 Å². The van der Waals surface area contributed by atoms with E-state index in [4.69, 9.17) is 15.1 Å². The molecule has 0 spiro atoms. The van der Waals surface area contributed by atoms with Crippen molar-refractivity contribution in [2.75, 3.05) is 0 Å². The average Bonchev–Trinajstić information content (AvgIpc) is 2.53. The number of hydrogen-bond acceptors (Lipinski definition) is 4. The zero-order valence-corrected chi connectivity index (χ0v) is 16.6. The Balaban J connectivity index is 2.51. The number of rotatable bonds is 7. The molecule has 0 aliphatic carbocycles. The quantitative estimate of drug-likeness (QED) is 0.769. The fourth-order valence-electron chi connectivity index (χ4n) is 2.97. The molecule has 0 saturated carbocycles. The summed E-state index contributed by atoms with van der Waals surface area (Å²) in [5.41, 5.74) is 10.2. The molecule has 0 aromatic heterocycles. The van der Waals surface area contributed by atoms with E-state index in [1.807, 2.05) is 70.2 Å². The predicted octanol–water partition coefficient (Wildman–Crippen LogP) is 3.76. The maximum Gasteiger partial charge on any atom is 0.380 e. The second-order valence-corrected chi connectivity index (χ2v) is 8.36. The first-order valence-corrected chi connectivity index (χ1v) is 10.2. The van der Waals surface area contributed by atoms with Gasteiger partial charge in [-0.05, 0) is 40.5 Å². The summed E-state index contributed by atoms with van der Waals surface area (Å²) in [6.07, 6.45) is 0.700. The van der Waals surface area contributed by atoms with Crippen LogP contribution in [0.15, 0.2) is 42.5 Å². The highest BCUT2D eigenvalue weighted by molar-refractivity contribution is 7.84. The summed E-state index contributed by atoms with van der Waals surface area (Å²) in [7, 11) is -4.10. The van der Waals surface area contributed by atoms with Gasteiger partial charge in [-0.2, -0.15) is 13.6 Å². The van der Waals surface area contributed by atoms with Crippen LogP contribution in [0.1, 0.15) is 67.8 Å². The summed E-state index contributed by atoms with van der Waals surface area (Å²) in [6.45, 7) is 7.95. The van der Waals surface area contributed by atoms with Crippen LogP contribution in [-0.4, -0.2) is 8.42 Å². The maximum absolute atomic E-state index is 11.5. The van der Waals surface area contributed by atoms with Gasteiger partial charge in [0, 0.05) is 6.04 Å². The molecule has 4 N–H and O–H groups in total. The van der Waals surface area contributed by atoms with Crippen LogP contribution in [-0.2, 0) is 16.7 Å². The lowest BCUT2D eigenvalue weighted by Gasteiger charge is -2.22. The standard InChI is InChI=1S/C20H28N2O3S/c1-13(2)17-11-16(19(21)10-15-8-6-5-7-9-15)12-18(14(3)4)20(17)25-26(22,23)24/h5-9,11-14,19H,10,21H2,1-4H3,(H2,22,23,24). The Morgan fingerprint density at radius 1 is 0.962 bits per heavy atom. The molecule has 142 valence electrons. The zero-order valence-electron chi connectivity index (χ0n) is 15.8. The number of hydrogen-bond donors (Lipinski definition) is 2. The van der Waals surface area contributed by atoms with Gasteiger partial charge in [0.25, 0.3) is 0 Å². The largest absolute Gasteiger partial charge is 0.380 e. The van der Waals surface area contributed by atoms with Gasteiger partial charge < -0.3 is 9.92 Å². The molecule has 0 radical (unpaired) electrons. The smallest absolute Gasteiger partial charge is 0.370 e. The summed E-state index contributed by atoms with van der Waals surface area (Å²) in [4.78, 5) is 0. The third-order valence-corrected chi connectivity index (χ3v) is 4.74. The van der Waals surface area contributed by atoms with Crippen molar-refractivity contribution in [2.45, 2.75) is 52.0 Å². The van der Waals surface area contributed by atoms with Crippen LogP contribution in [0.3, 0.4) is 0 Å². The van der Waals surface area contributed by atoms with Crippen molar-refractivity contribution in [2.24, 2.45) is 10.9 Å². The molecule has 0 aliphatic heterocycles. The van der Waals surface area contributed by atoms with Gasteiger partial charge in [0.15, 0.2) is 5.75 Å². The Morgan fingerprint density at radius 3 is 1.88 bits per heavy atom. The van der Waals surface area contributed by atoms with E-state index < -0.39 is 10.3 Å². The van der Waals surface area contributed by atoms with Gasteiger partial charge in [0.1, 0.15) is 0 Å². The molecule has 2 aromatic rings. The number of benzene rings is 2. The summed E-state index contributed by atoms with van der Waals surface area (Å²) in [5.74, 6) is 0.453. The molecule has 0 heterocycles. The predicted molar refractivity (Wildman–Crippen MR) is 105 cm³/mol. The minimum atomic E-state index is -4.10. The lowest BCUT2D eigenvalue weighted by molar-refractivity contribution is 0.477. The van der Waals surface area contributed by atoms with E-state index in [2.05, 4.69) is 0 Å². The normalized spacial score (nSPS) is 13.2. The monoisotopic (exact) mass is 376 g/mol. The van der Waals surface area contributed by atoms with E-state index in [0.717, 1.165) is 22.3 Å². The van der Waals surface area contributed by atoms with Crippen molar-refractivity contribution < 1.29 is 12.6 Å². The van der Waals surface area contributed by atoms with Crippen molar-refractivity contribution in [1.29, 1.82) is 0 Å². The minimum absolute atomic E-state index is 0.0631. The zero-order chi connectivity index (χ0) is 19.5. The van der Waals surface area contributed by atoms with Crippen LogP contribution in [0, 0.1) is 0 Å². The van der Waals surface area contributed by atoms with Crippen LogP contribution in [0.4, 0.5) is 0 Å². The Labute approximate surface area is 156 Å². The SMILES string of the molecule is CC(C)c1cc(C(N)Cc2ccccc2)cc(C(C)C)c1OS(N)(=O)=O. The van der Waals surface area contributed by atoms with Crippen molar-refractivity contribution in [3.8, 4) is 5.75 Å². The third-order valence-electron chi connectivity index (χ3n) is 4.34. The average molecular weight is 377 g/mol. The first-order chi connectivity index (χ1) is 12.1. The van der Waals surface area contributed by atoms with Crippen LogP contribution in [0.25, 0.3) is 0 Å². The molecule has 2 rings (SSSR count). The third kappa shape index (κ3) is 5.30. The molecular formula is C20H28N2O3S. The maximum atomic E-state index is 11.5. The van der Waals surface area contributed by atoms with Crippen molar-refractivity contribution in [3.05, 3.63) is 64.7 Å². The Kier molecular flexibility index (Phi) is 6.44. The fraction of sp³-hybridized carbons (Fsp3) is 0.400. The molecule has 0 aliphatic rings. The van der Waals surface area contributed by atoms with Gasteiger partial charge in [-0.15, -0.1) is 0 Å². The fourth-order valence-corrected chi connectivity index (χ4v) is 3.39. The van der Waals surface area contributed by atoms with E-state index in [1.54, 1.807) is 0 Å². The molecule has 0 fully saturated rings. The number of nitrogens with two attached hydrogens (primary N) is 2. The van der Waals surface area contributed by atoms with E-state index in [-0.39, 0.29) is 17.9 Å². The first-order valence-electron chi connectivity index (χ1n) is 8.78. The van der Waals surface area contributed by atoms with Gasteiger partial charge in [0.05, 0.1) is 0 Å². The molecule has 26 heavy (non-hydrogen) atoms. The summed E-state index contributed by atoms with van der Waals surface area (Å²) in [6, 6.07) is 13.7.